The molecule has 0 saturated heterocycles. The van der Waals surface area contributed by atoms with E-state index in [1.165, 1.54) is 0 Å². The first-order chi connectivity index (χ1) is 10.5. The van der Waals surface area contributed by atoms with Gasteiger partial charge in [-0.25, -0.2) is 0 Å². The van der Waals surface area contributed by atoms with E-state index in [4.69, 9.17) is 4.74 Å². The summed E-state index contributed by atoms with van der Waals surface area (Å²) in [6, 6.07) is 9.69. The largest absolute Gasteiger partial charge is 0.491 e. The molecule has 2 rings (SSSR count). The van der Waals surface area contributed by atoms with Gasteiger partial charge >= 0.3 is 0 Å². The second-order valence-corrected chi connectivity index (χ2v) is 5.63. The van der Waals surface area contributed by atoms with Gasteiger partial charge in [-0.15, -0.1) is 0 Å². The van der Waals surface area contributed by atoms with Gasteiger partial charge in [0.25, 0.3) is 0 Å². The molecule has 1 aromatic heterocycles. The molecule has 1 atom stereocenters. The van der Waals surface area contributed by atoms with Crippen LogP contribution in [0.5, 0.6) is 5.75 Å². The van der Waals surface area contributed by atoms with Gasteiger partial charge < -0.3 is 10.1 Å². The molecule has 0 aliphatic carbocycles. The Morgan fingerprint density at radius 3 is 2.59 bits per heavy atom. The number of carbonyl (C=O) groups is 1. The highest BCUT2D eigenvalue weighted by molar-refractivity contribution is 5.76. The van der Waals surface area contributed by atoms with Crippen molar-refractivity contribution in [2.75, 3.05) is 0 Å². The zero-order valence-corrected chi connectivity index (χ0v) is 13.3. The van der Waals surface area contributed by atoms with E-state index < -0.39 is 0 Å². The minimum atomic E-state index is 0.0190. The SMILES string of the molecule is CC(C)Oc1ccc(CNC(=O)C[C@@H](C)n2cccn2)cc1. The Balaban J connectivity index is 1.78. The van der Waals surface area contributed by atoms with E-state index in [9.17, 15) is 4.79 Å². The second-order valence-electron chi connectivity index (χ2n) is 5.63. The van der Waals surface area contributed by atoms with Crippen LogP contribution < -0.4 is 10.1 Å². The van der Waals surface area contributed by atoms with Gasteiger partial charge in [0, 0.05) is 25.4 Å². The van der Waals surface area contributed by atoms with Crippen molar-refractivity contribution >= 4 is 5.91 Å². The van der Waals surface area contributed by atoms with Crippen LogP contribution in [-0.2, 0) is 11.3 Å². The molecule has 0 fully saturated rings. The number of amides is 1. The Morgan fingerprint density at radius 1 is 1.27 bits per heavy atom. The fourth-order valence-corrected chi connectivity index (χ4v) is 2.13. The van der Waals surface area contributed by atoms with Crippen LogP contribution in [-0.4, -0.2) is 21.8 Å². The number of hydrogen-bond acceptors (Lipinski definition) is 3. The molecule has 0 radical (unpaired) electrons. The van der Waals surface area contributed by atoms with Crippen molar-refractivity contribution in [1.82, 2.24) is 15.1 Å². The van der Waals surface area contributed by atoms with E-state index in [-0.39, 0.29) is 18.1 Å². The van der Waals surface area contributed by atoms with Crippen LogP contribution >= 0.6 is 0 Å². The first-order valence-corrected chi connectivity index (χ1v) is 7.56. The van der Waals surface area contributed by atoms with Gasteiger partial charge in [0.1, 0.15) is 5.75 Å². The zero-order chi connectivity index (χ0) is 15.9. The number of aromatic nitrogens is 2. The Labute approximate surface area is 131 Å². The van der Waals surface area contributed by atoms with Crippen molar-refractivity contribution in [3.63, 3.8) is 0 Å². The standard InChI is InChI=1S/C17H23N3O2/c1-13(2)22-16-7-5-15(6-8-16)12-18-17(21)11-14(3)20-10-4-9-19-20/h4-10,13-14H,11-12H2,1-3H3,(H,18,21)/t14-/m1/s1. The van der Waals surface area contributed by atoms with Crippen LogP contribution in [0.2, 0.25) is 0 Å². The van der Waals surface area contributed by atoms with Gasteiger partial charge in [0.05, 0.1) is 12.1 Å². The molecule has 0 aliphatic rings. The smallest absolute Gasteiger partial charge is 0.222 e. The van der Waals surface area contributed by atoms with E-state index in [2.05, 4.69) is 10.4 Å². The topological polar surface area (TPSA) is 56.1 Å². The Hall–Kier alpha value is -2.30. The lowest BCUT2D eigenvalue weighted by molar-refractivity contribution is -0.122. The molecule has 1 amide bonds. The van der Waals surface area contributed by atoms with Crippen LogP contribution in [0.25, 0.3) is 0 Å². The van der Waals surface area contributed by atoms with Gasteiger partial charge in [-0.05, 0) is 44.5 Å². The van der Waals surface area contributed by atoms with E-state index in [1.807, 2.05) is 57.3 Å². The third kappa shape index (κ3) is 4.91. The van der Waals surface area contributed by atoms with Crippen LogP contribution in [0.15, 0.2) is 42.7 Å². The summed E-state index contributed by atoms with van der Waals surface area (Å²) >= 11 is 0. The summed E-state index contributed by atoms with van der Waals surface area (Å²) < 4.78 is 7.38. The van der Waals surface area contributed by atoms with Gasteiger partial charge in [0.15, 0.2) is 0 Å². The normalized spacial score (nSPS) is 12.2. The molecule has 0 bridgehead atoms. The van der Waals surface area contributed by atoms with Crippen molar-refractivity contribution < 1.29 is 9.53 Å². The zero-order valence-electron chi connectivity index (χ0n) is 13.3. The minimum absolute atomic E-state index is 0.0190. The third-order valence-corrected chi connectivity index (χ3v) is 3.24. The molecular formula is C17H23N3O2. The van der Waals surface area contributed by atoms with Crippen LogP contribution in [0, 0.1) is 0 Å². The molecule has 1 N–H and O–H groups in total. The predicted octanol–water partition coefficient (Wildman–Crippen LogP) is 2.94. The Kier molecular flexibility index (Phi) is 5.58. The molecule has 22 heavy (non-hydrogen) atoms. The maximum absolute atomic E-state index is 12.0. The molecule has 0 aliphatic heterocycles. The molecule has 118 valence electrons. The molecule has 1 aromatic carbocycles. The number of ether oxygens (including phenoxy) is 1. The van der Waals surface area contributed by atoms with Gasteiger partial charge in [-0.3, -0.25) is 9.48 Å². The van der Waals surface area contributed by atoms with Crippen molar-refractivity contribution in [2.45, 2.75) is 45.9 Å². The highest BCUT2D eigenvalue weighted by Crippen LogP contribution is 2.14. The molecule has 0 spiro atoms. The summed E-state index contributed by atoms with van der Waals surface area (Å²) in [5, 5.41) is 7.07. The molecule has 5 nitrogen and oxygen atoms in total. The first kappa shape index (κ1) is 16.1. The maximum atomic E-state index is 12.0. The molecule has 1 heterocycles. The maximum Gasteiger partial charge on any atom is 0.222 e. The average molecular weight is 301 g/mol. The average Bonchev–Trinajstić information content (AvgIpc) is 3.00. The first-order valence-electron chi connectivity index (χ1n) is 7.56. The fraction of sp³-hybridized carbons (Fsp3) is 0.412. The predicted molar refractivity (Wildman–Crippen MR) is 85.6 cm³/mol. The lowest BCUT2D eigenvalue weighted by Gasteiger charge is -2.13. The second kappa shape index (κ2) is 7.64. The summed E-state index contributed by atoms with van der Waals surface area (Å²) in [7, 11) is 0. The number of benzene rings is 1. The lowest BCUT2D eigenvalue weighted by Crippen LogP contribution is -2.25. The van der Waals surface area contributed by atoms with E-state index in [1.54, 1.807) is 10.9 Å². The molecule has 0 unspecified atom stereocenters. The van der Waals surface area contributed by atoms with Crippen molar-refractivity contribution in [3.8, 4) is 5.75 Å². The minimum Gasteiger partial charge on any atom is -0.491 e. The third-order valence-electron chi connectivity index (χ3n) is 3.24. The van der Waals surface area contributed by atoms with Crippen molar-refractivity contribution in [2.24, 2.45) is 0 Å². The number of rotatable bonds is 7. The highest BCUT2D eigenvalue weighted by atomic mass is 16.5. The molecule has 2 aromatic rings. The summed E-state index contributed by atoms with van der Waals surface area (Å²) in [5.41, 5.74) is 1.05. The van der Waals surface area contributed by atoms with Gasteiger partial charge in [-0.2, -0.15) is 5.10 Å². The van der Waals surface area contributed by atoms with Crippen molar-refractivity contribution in [3.05, 3.63) is 48.3 Å². The molecular weight excluding hydrogens is 278 g/mol. The summed E-state index contributed by atoms with van der Waals surface area (Å²) in [5.74, 6) is 0.864. The number of carbonyl (C=O) groups excluding carboxylic acids is 1. The monoisotopic (exact) mass is 301 g/mol. The van der Waals surface area contributed by atoms with E-state index in [0.29, 0.717) is 13.0 Å². The van der Waals surface area contributed by atoms with E-state index in [0.717, 1.165) is 11.3 Å². The fourth-order valence-electron chi connectivity index (χ4n) is 2.13. The summed E-state index contributed by atoms with van der Waals surface area (Å²) in [4.78, 5) is 12.0. The van der Waals surface area contributed by atoms with Crippen LogP contribution in [0.1, 0.15) is 38.8 Å². The van der Waals surface area contributed by atoms with Crippen LogP contribution in [0.4, 0.5) is 0 Å². The summed E-state index contributed by atoms with van der Waals surface area (Å²) in [6.45, 7) is 6.49. The number of nitrogens with one attached hydrogen (secondary N) is 1. The lowest BCUT2D eigenvalue weighted by atomic mass is 10.2. The van der Waals surface area contributed by atoms with Gasteiger partial charge in [-0.1, -0.05) is 12.1 Å². The number of hydrogen-bond donors (Lipinski definition) is 1. The van der Waals surface area contributed by atoms with Gasteiger partial charge in [0.2, 0.25) is 5.91 Å². The Morgan fingerprint density at radius 2 is 2.00 bits per heavy atom. The van der Waals surface area contributed by atoms with E-state index >= 15 is 0 Å². The van der Waals surface area contributed by atoms with Crippen LogP contribution in [0.3, 0.4) is 0 Å². The highest BCUT2D eigenvalue weighted by Gasteiger charge is 2.10. The Bertz CT molecular complexity index is 576. The number of nitrogens with zero attached hydrogens (tertiary/aromatic N) is 2. The summed E-state index contributed by atoms with van der Waals surface area (Å²) in [6.07, 6.45) is 4.16. The molecule has 5 heteroatoms. The van der Waals surface area contributed by atoms with Crippen molar-refractivity contribution in [1.29, 1.82) is 0 Å². The molecule has 0 saturated carbocycles. The quantitative estimate of drug-likeness (QED) is 0.855.